The van der Waals surface area contributed by atoms with E-state index >= 15 is 0 Å². The summed E-state index contributed by atoms with van der Waals surface area (Å²) in [5, 5.41) is 2.85. The van der Waals surface area contributed by atoms with Crippen molar-refractivity contribution in [2.45, 2.75) is 0 Å². The molecule has 2 heterocycles. The number of morpholine rings is 1. The quantitative estimate of drug-likeness (QED) is 0.736. The van der Waals surface area contributed by atoms with E-state index < -0.39 is 0 Å². The van der Waals surface area contributed by atoms with Crippen molar-refractivity contribution in [3.05, 3.63) is 72.7 Å². The SMILES string of the molecule is O=C(Nc1ccc(Oc2ccccc2)cc1)c1cc(N2CCOCC2)ncn1. The Bertz CT molecular complexity index is 926. The molecule has 142 valence electrons. The highest BCUT2D eigenvalue weighted by atomic mass is 16.5. The number of rotatable bonds is 5. The molecule has 0 radical (unpaired) electrons. The van der Waals surface area contributed by atoms with Crippen LogP contribution >= 0.6 is 0 Å². The van der Waals surface area contributed by atoms with Crippen LogP contribution in [0.2, 0.25) is 0 Å². The van der Waals surface area contributed by atoms with Crippen LogP contribution in [0.3, 0.4) is 0 Å². The van der Waals surface area contributed by atoms with Crippen LogP contribution < -0.4 is 15.0 Å². The van der Waals surface area contributed by atoms with Crippen molar-refractivity contribution < 1.29 is 14.3 Å². The molecule has 1 saturated heterocycles. The topological polar surface area (TPSA) is 76.6 Å². The lowest BCUT2D eigenvalue weighted by Crippen LogP contribution is -2.37. The maximum atomic E-state index is 12.5. The smallest absolute Gasteiger partial charge is 0.274 e. The van der Waals surface area contributed by atoms with Gasteiger partial charge in [-0.1, -0.05) is 18.2 Å². The minimum absolute atomic E-state index is 0.284. The first-order valence-corrected chi connectivity index (χ1v) is 9.07. The van der Waals surface area contributed by atoms with Crippen LogP contribution in [0.25, 0.3) is 0 Å². The van der Waals surface area contributed by atoms with Gasteiger partial charge in [0.05, 0.1) is 13.2 Å². The molecule has 4 rings (SSSR count). The molecule has 2 aromatic carbocycles. The van der Waals surface area contributed by atoms with Crippen LogP contribution in [0.1, 0.15) is 10.5 Å². The monoisotopic (exact) mass is 376 g/mol. The molecule has 0 saturated carbocycles. The van der Waals surface area contributed by atoms with E-state index in [2.05, 4.69) is 20.2 Å². The number of para-hydroxylation sites is 1. The van der Waals surface area contributed by atoms with Crippen LogP contribution in [0.5, 0.6) is 11.5 Å². The van der Waals surface area contributed by atoms with Gasteiger partial charge in [0.25, 0.3) is 5.91 Å². The molecule has 3 aromatic rings. The van der Waals surface area contributed by atoms with Crippen molar-refractivity contribution in [1.29, 1.82) is 0 Å². The Morgan fingerprint density at radius 1 is 0.964 bits per heavy atom. The summed E-state index contributed by atoms with van der Waals surface area (Å²) in [4.78, 5) is 23.0. The molecule has 1 N–H and O–H groups in total. The van der Waals surface area contributed by atoms with Crippen molar-refractivity contribution >= 4 is 17.4 Å². The molecule has 0 bridgehead atoms. The summed E-state index contributed by atoms with van der Waals surface area (Å²) in [6.07, 6.45) is 1.41. The van der Waals surface area contributed by atoms with Crippen LogP contribution in [0.4, 0.5) is 11.5 Å². The summed E-state index contributed by atoms with van der Waals surface area (Å²) < 4.78 is 11.1. The molecule has 1 aromatic heterocycles. The summed E-state index contributed by atoms with van der Waals surface area (Å²) in [7, 11) is 0. The van der Waals surface area contributed by atoms with Gasteiger partial charge in [0.1, 0.15) is 29.3 Å². The molecule has 1 amide bonds. The normalized spacial score (nSPS) is 13.8. The van der Waals surface area contributed by atoms with E-state index in [4.69, 9.17) is 9.47 Å². The Balaban J connectivity index is 1.40. The number of aromatic nitrogens is 2. The Labute approximate surface area is 163 Å². The minimum Gasteiger partial charge on any atom is -0.457 e. The van der Waals surface area contributed by atoms with Gasteiger partial charge in [-0.25, -0.2) is 9.97 Å². The van der Waals surface area contributed by atoms with Gasteiger partial charge in [0.2, 0.25) is 0 Å². The predicted octanol–water partition coefficient (Wildman–Crippen LogP) is 3.36. The van der Waals surface area contributed by atoms with Gasteiger partial charge in [0, 0.05) is 24.8 Å². The fraction of sp³-hybridized carbons (Fsp3) is 0.190. The number of anilines is 2. The number of carbonyl (C=O) groups excluding carboxylic acids is 1. The second kappa shape index (κ2) is 8.49. The number of ether oxygens (including phenoxy) is 2. The number of nitrogens with one attached hydrogen (secondary N) is 1. The van der Waals surface area contributed by atoms with Gasteiger partial charge >= 0.3 is 0 Å². The summed E-state index contributed by atoms with van der Waals surface area (Å²) in [5.41, 5.74) is 0.984. The summed E-state index contributed by atoms with van der Waals surface area (Å²) in [6.45, 7) is 2.81. The van der Waals surface area contributed by atoms with E-state index in [1.54, 1.807) is 18.2 Å². The van der Waals surface area contributed by atoms with Gasteiger partial charge in [0.15, 0.2) is 0 Å². The molecule has 1 aliphatic heterocycles. The van der Waals surface area contributed by atoms with Gasteiger partial charge in [-0.3, -0.25) is 4.79 Å². The zero-order chi connectivity index (χ0) is 19.2. The van der Waals surface area contributed by atoms with Crippen LogP contribution in [0.15, 0.2) is 67.0 Å². The van der Waals surface area contributed by atoms with E-state index in [-0.39, 0.29) is 5.91 Å². The summed E-state index contributed by atoms with van der Waals surface area (Å²) >= 11 is 0. The van der Waals surface area contributed by atoms with Crippen LogP contribution in [0, 0.1) is 0 Å². The zero-order valence-electron chi connectivity index (χ0n) is 15.2. The Hall–Kier alpha value is -3.45. The molecule has 7 nitrogen and oxygen atoms in total. The molecule has 28 heavy (non-hydrogen) atoms. The zero-order valence-corrected chi connectivity index (χ0v) is 15.2. The molecular formula is C21H20N4O3. The van der Waals surface area contributed by atoms with Crippen LogP contribution in [-0.2, 0) is 4.74 Å². The molecule has 0 unspecified atom stereocenters. The number of benzene rings is 2. The number of nitrogens with zero attached hydrogens (tertiary/aromatic N) is 3. The molecule has 0 atom stereocenters. The molecule has 1 aliphatic rings. The average Bonchev–Trinajstić information content (AvgIpc) is 2.76. The minimum atomic E-state index is -0.284. The highest BCUT2D eigenvalue weighted by Crippen LogP contribution is 2.23. The second-order valence-electron chi connectivity index (χ2n) is 6.25. The largest absolute Gasteiger partial charge is 0.457 e. The standard InChI is InChI=1S/C21H20N4O3/c26-21(19-14-20(23-15-22-19)25-10-12-27-13-11-25)24-16-6-8-18(9-7-16)28-17-4-2-1-3-5-17/h1-9,14-15H,10-13H2,(H,24,26). The van der Waals surface area contributed by atoms with E-state index in [0.29, 0.717) is 30.3 Å². The first kappa shape index (κ1) is 17.9. The van der Waals surface area contributed by atoms with E-state index in [1.807, 2.05) is 42.5 Å². The predicted molar refractivity (Wildman–Crippen MR) is 106 cm³/mol. The third-order valence-corrected chi connectivity index (χ3v) is 4.31. The molecule has 0 aliphatic carbocycles. The Morgan fingerprint density at radius 3 is 2.43 bits per heavy atom. The molecule has 7 heteroatoms. The van der Waals surface area contributed by atoms with E-state index in [1.165, 1.54) is 6.33 Å². The number of hydrogen-bond acceptors (Lipinski definition) is 6. The number of carbonyl (C=O) groups is 1. The highest BCUT2D eigenvalue weighted by molar-refractivity contribution is 6.03. The van der Waals surface area contributed by atoms with E-state index in [9.17, 15) is 4.79 Å². The van der Waals surface area contributed by atoms with Crippen molar-refractivity contribution in [3.63, 3.8) is 0 Å². The highest BCUT2D eigenvalue weighted by Gasteiger charge is 2.15. The Morgan fingerprint density at radius 2 is 1.68 bits per heavy atom. The summed E-state index contributed by atoms with van der Waals surface area (Å²) in [5.74, 6) is 1.90. The van der Waals surface area contributed by atoms with Crippen molar-refractivity contribution in [1.82, 2.24) is 9.97 Å². The van der Waals surface area contributed by atoms with Gasteiger partial charge in [-0.15, -0.1) is 0 Å². The molecular weight excluding hydrogens is 356 g/mol. The lowest BCUT2D eigenvalue weighted by molar-refractivity contribution is 0.102. The lowest BCUT2D eigenvalue weighted by Gasteiger charge is -2.27. The van der Waals surface area contributed by atoms with Gasteiger partial charge in [-0.2, -0.15) is 0 Å². The lowest BCUT2D eigenvalue weighted by atomic mass is 10.2. The van der Waals surface area contributed by atoms with Crippen molar-refractivity contribution in [2.75, 3.05) is 36.5 Å². The first-order valence-electron chi connectivity index (χ1n) is 9.07. The number of hydrogen-bond donors (Lipinski definition) is 1. The van der Waals surface area contributed by atoms with Gasteiger partial charge < -0.3 is 19.7 Å². The van der Waals surface area contributed by atoms with Crippen molar-refractivity contribution in [3.8, 4) is 11.5 Å². The fourth-order valence-corrected chi connectivity index (χ4v) is 2.86. The van der Waals surface area contributed by atoms with E-state index in [0.717, 1.165) is 24.7 Å². The van der Waals surface area contributed by atoms with Crippen molar-refractivity contribution in [2.24, 2.45) is 0 Å². The third-order valence-electron chi connectivity index (χ3n) is 4.31. The van der Waals surface area contributed by atoms with Crippen LogP contribution in [-0.4, -0.2) is 42.2 Å². The number of amides is 1. The molecule has 0 spiro atoms. The third kappa shape index (κ3) is 4.44. The molecule has 1 fully saturated rings. The average molecular weight is 376 g/mol. The first-order chi connectivity index (χ1) is 13.8. The Kier molecular flexibility index (Phi) is 5.44. The maximum Gasteiger partial charge on any atom is 0.274 e. The fourth-order valence-electron chi connectivity index (χ4n) is 2.86. The second-order valence-corrected chi connectivity index (χ2v) is 6.25. The summed E-state index contributed by atoms with van der Waals surface area (Å²) in [6, 6.07) is 18.4. The van der Waals surface area contributed by atoms with Gasteiger partial charge in [-0.05, 0) is 36.4 Å². The maximum absolute atomic E-state index is 12.5.